The third-order valence-corrected chi connectivity index (χ3v) is 15.9. The van der Waals surface area contributed by atoms with Crippen molar-refractivity contribution in [3.63, 3.8) is 0 Å². The van der Waals surface area contributed by atoms with E-state index in [0.29, 0.717) is 5.56 Å². The number of carbonyl (C=O) groups is 8. The van der Waals surface area contributed by atoms with Crippen molar-refractivity contribution < 1.29 is 81.7 Å². The minimum absolute atomic E-state index is 0.0344. The topological polar surface area (TPSA) is 254 Å². The number of aliphatic hydroxyl groups excluding tert-OH is 1. The van der Waals surface area contributed by atoms with Crippen LogP contribution in [0.3, 0.4) is 0 Å². The minimum Gasteiger partial charge on any atom is -0.455 e. The zero-order chi connectivity index (χ0) is 53.7. The van der Waals surface area contributed by atoms with Gasteiger partial charge in [0.05, 0.1) is 29.6 Å². The van der Waals surface area contributed by atoms with E-state index in [1.54, 1.807) is 107 Å². The number of ether oxygens (including phenoxy) is 7. The third kappa shape index (κ3) is 9.45. The van der Waals surface area contributed by atoms with Crippen molar-refractivity contribution in [3.05, 3.63) is 119 Å². The first kappa shape index (κ1) is 53.7. The lowest BCUT2D eigenvalue weighted by atomic mass is 9.44. The van der Waals surface area contributed by atoms with Gasteiger partial charge in [0.1, 0.15) is 36.1 Å². The summed E-state index contributed by atoms with van der Waals surface area (Å²) in [4.78, 5) is 113. The van der Waals surface area contributed by atoms with Crippen LogP contribution in [0.15, 0.2) is 102 Å². The molecule has 5 aliphatic rings. The highest BCUT2D eigenvalue weighted by Crippen LogP contribution is 2.64. The summed E-state index contributed by atoms with van der Waals surface area (Å²) >= 11 is 0. The summed E-state index contributed by atoms with van der Waals surface area (Å²) in [5.41, 5.74) is -7.62. The molecule has 3 N–H and O–H groups in total. The predicted molar refractivity (Wildman–Crippen MR) is 259 cm³/mol. The number of hydrogen-bond donors (Lipinski definition) is 3. The van der Waals surface area contributed by atoms with Crippen molar-refractivity contribution in [2.24, 2.45) is 22.7 Å². The molecule has 2 saturated heterocycles. The average Bonchev–Trinajstić information content (AvgIpc) is 3.87. The summed E-state index contributed by atoms with van der Waals surface area (Å²) in [6.07, 6.45) is -13.0. The van der Waals surface area contributed by atoms with Crippen LogP contribution in [0, 0.1) is 22.7 Å². The molecular weight excluding hydrogens is 959 g/mol. The van der Waals surface area contributed by atoms with Crippen molar-refractivity contribution in [2.45, 2.75) is 147 Å². The molecular formula is C56H63NO17. The van der Waals surface area contributed by atoms with Crippen molar-refractivity contribution in [3.8, 4) is 0 Å². The number of Topliss-reactive ketones (excluding diaryl/α,β-unsaturated/α-hetero) is 2. The standard InChI is InChI=1S/C56H63NO17/c1-29(2)43(61)36-24-25-37(70-36)51(65)72-45(42(33-18-12-9-13-19-33)57-49(63)34-20-14-10-15-21-34)52(66)71-38-27-56(67)48(73-50(64)35-22-16-11-17-23-35)46-54(8,39(60)26-40-55(46,28-68-40)74-32(5)59)47(62)44(69-31(4)58)41(30(38)3)53(56,6)7/h9-23,29,36-40,42,44-46,48,60,67H,24-28H2,1-8H3,(H,57,63)/t36?,37?,38-,39-,40+,42-,44+,45+,46-,48-,54+,55-,56+/m0/s1. The smallest absolute Gasteiger partial charge is 0.350 e. The SMILES string of the molecule is CC(=O)O[C@H]1C(=O)[C@@]2(C)[C@H]([C@H](OC(=O)c3ccccc3)[C@]3(O)C[C@H](OC(=O)[C@H](OC(=O)C4CCC(C(=O)C(C)C)O4)[C@@H](NC(=O)c4ccccc4)c4ccccc4)C(C)=C1C3(C)C)[C@]1(OC(C)=O)CO[C@@H]1C[C@@H]2O. The zero-order valence-corrected chi connectivity index (χ0v) is 42.6. The van der Waals surface area contributed by atoms with Gasteiger partial charge in [-0.15, -0.1) is 0 Å². The second-order valence-corrected chi connectivity index (χ2v) is 21.0. The van der Waals surface area contributed by atoms with Crippen molar-refractivity contribution >= 4 is 47.3 Å². The lowest BCUT2D eigenvalue weighted by Gasteiger charge is -2.67. The van der Waals surface area contributed by atoms with E-state index in [0.717, 1.165) is 13.8 Å². The van der Waals surface area contributed by atoms with Crippen LogP contribution in [-0.4, -0.2) is 124 Å². The molecule has 2 bridgehead atoms. The summed E-state index contributed by atoms with van der Waals surface area (Å²) in [5, 5.41) is 29.1. The number of rotatable bonds is 14. The van der Waals surface area contributed by atoms with E-state index in [9.17, 15) is 39.0 Å². The Labute approximate surface area is 428 Å². The number of amides is 1. The van der Waals surface area contributed by atoms with Gasteiger partial charge < -0.3 is 48.7 Å². The van der Waals surface area contributed by atoms with Crippen LogP contribution in [0.5, 0.6) is 0 Å². The Balaban J connectivity index is 1.29. The number of ketones is 2. The first-order valence-corrected chi connectivity index (χ1v) is 24.9. The monoisotopic (exact) mass is 1020 g/mol. The molecule has 0 spiro atoms. The van der Waals surface area contributed by atoms with Crippen LogP contribution in [0.1, 0.15) is 113 Å². The predicted octanol–water partition coefficient (Wildman–Crippen LogP) is 5.06. The molecule has 0 aromatic heterocycles. The number of fused-ring (bicyclic) bond motifs is 5. The molecule has 2 aliphatic heterocycles. The lowest BCUT2D eigenvalue weighted by Crippen LogP contribution is -2.82. The van der Waals surface area contributed by atoms with Gasteiger partial charge in [-0.1, -0.05) is 94.4 Å². The van der Waals surface area contributed by atoms with Gasteiger partial charge in [0.2, 0.25) is 6.10 Å². The molecule has 8 rings (SSSR count). The maximum absolute atomic E-state index is 15.8. The summed E-state index contributed by atoms with van der Waals surface area (Å²) in [6.45, 7) is 11.2. The lowest BCUT2D eigenvalue weighted by molar-refractivity contribution is -0.346. The fraction of sp³-hybridized carbons (Fsp3) is 0.500. The van der Waals surface area contributed by atoms with Crippen LogP contribution >= 0.6 is 0 Å². The van der Waals surface area contributed by atoms with Crippen LogP contribution in [0.25, 0.3) is 0 Å². The van der Waals surface area contributed by atoms with Gasteiger partial charge in [-0.25, -0.2) is 14.4 Å². The molecule has 3 aliphatic carbocycles. The van der Waals surface area contributed by atoms with E-state index in [-0.39, 0.29) is 53.9 Å². The van der Waals surface area contributed by atoms with Gasteiger partial charge in [0, 0.05) is 43.6 Å². The van der Waals surface area contributed by atoms with E-state index in [1.165, 1.54) is 26.0 Å². The van der Waals surface area contributed by atoms with Crippen LogP contribution in [0.2, 0.25) is 0 Å². The highest BCUT2D eigenvalue weighted by Gasteiger charge is 2.78. The van der Waals surface area contributed by atoms with Gasteiger partial charge in [-0.05, 0) is 67.7 Å². The first-order valence-electron chi connectivity index (χ1n) is 24.9. The van der Waals surface area contributed by atoms with Gasteiger partial charge in [0.25, 0.3) is 5.91 Å². The first-order chi connectivity index (χ1) is 35.0. The number of esters is 5. The molecule has 3 aromatic carbocycles. The zero-order valence-electron chi connectivity index (χ0n) is 42.6. The molecule has 0 radical (unpaired) electrons. The molecule has 18 nitrogen and oxygen atoms in total. The molecule has 4 fully saturated rings. The molecule has 74 heavy (non-hydrogen) atoms. The highest BCUT2D eigenvalue weighted by atomic mass is 16.6. The Bertz CT molecular complexity index is 2720. The Kier molecular flexibility index (Phi) is 14.9. The van der Waals surface area contributed by atoms with Crippen LogP contribution in [0.4, 0.5) is 0 Å². The fourth-order valence-corrected chi connectivity index (χ4v) is 11.9. The molecule has 394 valence electrons. The number of benzene rings is 3. The quantitative estimate of drug-likeness (QED) is 0.108. The van der Waals surface area contributed by atoms with E-state index < -0.39 is 137 Å². The number of carbonyl (C=O) groups excluding carboxylic acids is 8. The number of aliphatic hydroxyl groups is 2. The Morgan fingerprint density at radius 1 is 0.784 bits per heavy atom. The fourth-order valence-electron chi connectivity index (χ4n) is 11.9. The molecule has 1 amide bonds. The van der Waals surface area contributed by atoms with E-state index in [1.807, 2.05) is 0 Å². The van der Waals surface area contributed by atoms with Gasteiger partial charge in [0.15, 0.2) is 29.4 Å². The normalized spacial score (nSPS) is 31.6. The van der Waals surface area contributed by atoms with Crippen LogP contribution in [-0.2, 0) is 61.9 Å². The van der Waals surface area contributed by atoms with Crippen molar-refractivity contribution in [2.75, 3.05) is 6.61 Å². The Morgan fingerprint density at radius 3 is 1.95 bits per heavy atom. The largest absolute Gasteiger partial charge is 0.455 e. The van der Waals surface area contributed by atoms with Crippen molar-refractivity contribution in [1.29, 1.82) is 0 Å². The Hall–Kier alpha value is -6.60. The van der Waals surface area contributed by atoms with Gasteiger partial charge in [-0.2, -0.15) is 0 Å². The second kappa shape index (κ2) is 20.6. The maximum Gasteiger partial charge on any atom is 0.350 e. The van der Waals surface area contributed by atoms with Gasteiger partial charge >= 0.3 is 29.8 Å². The maximum atomic E-state index is 15.8. The van der Waals surface area contributed by atoms with E-state index in [2.05, 4.69) is 5.32 Å². The Morgan fingerprint density at radius 2 is 1.38 bits per heavy atom. The summed E-state index contributed by atoms with van der Waals surface area (Å²) in [5.74, 6) is -8.83. The van der Waals surface area contributed by atoms with Crippen molar-refractivity contribution in [1.82, 2.24) is 5.32 Å². The van der Waals surface area contributed by atoms with E-state index in [4.69, 9.17) is 33.2 Å². The minimum atomic E-state index is -2.49. The highest BCUT2D eigenvalue weighted by molar-refractivity contribution is 5.97. The molecule has 13 atom stereocenters. The van der Waals surface area contributed by atoms with Crippen LogP contribution < -0.4 is 5.32 Å². The van der Waals surface area contributed by atoms with Gasteiger partial charge in [-0.3, -0.25) is 24.0 Å². The summed E-state index contributed by atoms with van der Waals surface area (Å²) in [6, 6.07) is 22.6. The van der Waals surface area contributed by atoms with E-state index >= 15 is 9.59 Å². The third-order valence-electron chi connectivity index (χ3n) is 15.9. The number of nitrogens with one attached hydrogen (secondary N) is 1. The molecule has 2 saturated carbocycles. The summed E-state index contributed by atoms with van der Waals surface area (Å²) < 4.78 is 42.9. The molecule has 18 heteroatoms. The average molecular weight is 1020 g/mol. The second-order valence-electron chi connectivity index (χ2n) is 21.0. The summed E-state index contributed by atoms with van der Waals surface area (Å²) in [7, 11) is 0. The number of hydrogen-bond acceptors (Lipinski definition) is 17. The molecule has 2 unspecified atom stereocenters. The molecule has 2 heterocycles. The molecule has 3 aromatic rings.